The lowest BCUT2D eigenvalue weighted by Crippen LogP contribution is -2.31. The summed E-state index contributed by atoms with van der Waals surface area (Å²) in [6.45, 7) is 2.87. The molecule has 1 aromatic heterocycles. The number of aromatic nitrogens is 3. The molecular formula is C8H15N3O3S. The van der Waals surface area contributed by atoms with Crippen molar-refractivity contribution in [2.45, 2.75) is 25.2 Å². The predicted molar refractivity (Wildman–Crippen MR) is 54.8 cm³/mol. The van der Waals surface area contributed by atoms with Crippen LogP contribution in [0.3, 0.4) is 0 Å². The fourth-order valence-electron chi connectivity index (χ4n) is 1.19. The highest BCUT2D eigenvalue weighted by Gasteiger charge is 2.37. The fourth-order valence-corrected chi connectivity index (χ4v) is 1.70. The number of sulfone groups is 1. The third kappa shape index (κ3) is 1.89. The zero-order chi connectivity index (χ0) is 11.9. The van der Waals surface area contributed by atoms with Crippen molar-refractivity contribution in [2.24, 2.45) is 7.05 Å². The minimum Gasteiger partial charge on any atom is -0.388 e. The molecule has 6 nitrogen and oxygen atoms in total. The van der Waals surface area contributed by atoms with Gasteiger partial charge in [0.2, 0.25) is 0 Å². The van der Waals surface area contributed by atoms with Gasteiger partial charge in [-0.3, -0.25) is 0 Å². The molecule has 1 heterocycles. The molecule has 0 saturated carbocycles. The van der Waals surface area contributed by atoms with Gasteiger partial charge < -0.3 is 9.67 Å². The number of rotatable bonds is 3. The van der Waals surface area contributed by atoms with Crippen LogP contribution in [0.1, 0.15) is 25.5 Å². The molecule has 0 saturated heterocycles. The van der Waals surface area contributed by atoms with E-state index in [1.165, 1.54) is 4.57 Å². The first-order chi connectivity index (χ1) is 6.71. The maximum atomic E-state index is 11.6. The Bertz CT molecular complexity index is 461. The first kappa shape index (κ1) is 12.1. The Kier molecular flexibility index (Phi) is 2.88. The molecule has 15 heavy (non-hydrogen) atoms. The van der Waals surface area contributed by atoms with Crippen molar-refractivity contribution in [1.29, 1.82) is 0 Å². The van der Waals surface area contributed by atoms with Crippen LogP contribution in [-0.2, 0) is 28.2 Å². The van der Waals surface area contributed by atoms with Crippen LogP contribution in [-0.4, -0.2) is 34.5 Å². The smallest absolute Gasteiger partial charge is 0.159 e. The zero-order valence-electron chi connectivity index (χ0n) is 9.22. The summed E-state index contributed by atoms with van der Waals surface area (Å²) in [6, 6.07) is 0. The molecular weight excluding hydrogens is 218 g/mol. The van der Waals surface area contributed by atoms with Gasteiger partial charge in [-0.25, -0.2) is 8.42 Å². The second-order valence-electron chi connectivity index (χ2n) is 3.94. The first-order valence-corrected chi connectivity index (χ1v) is 6.30. The molecule has 7 heteroatoms. The second kappa shape index (κ2) is 3.57. The largest absolute Gasteiger partial charge is 0.388 e. The minimum absolute atomic E-state index is 0.261. The molecule has 86 valence electrons. The van der Waals surface area contributed by atoms with Crippen LogP contribution >= 0.6 is 0 Å². The van der Waals surface area contributed by atoms with E-state index in [0.717, 1.165) is 6.26 Å². The van der Waals surface area contributed by atoms with Gasteiger partial charge >= 0.3 is 0 Å². The van der Waals surface area contributed by atoms with E-state index in [1.54, 1.807) is 20.9 Å². The first-order valence-electron chi connectivity index (χ1n) is 4.41. The van der Waals surface area contributed by atoms with Gasteiger partial charge in [-0.2, -0.15) is 0 Å². The molecule has 0 spiro atoms. The Labute approximate surface area is 88.9 Å². The second-order valence-corrected chi connectivity index (χ2v) is 6.50. The number of hydrogen-bond donors (Lipinski definition) is 1. The summed E-state index contributed by atoms with van der Waals surface area (Å²) < 4.78 is 23.5. The van der Waals surface area contributed by atoms with Crippen molar-refractivity contribution in [3.05, 3.63) is 11.6 Å². The fraction of sp³-hybridized carbons (Fsp3) is 0.750. The van der Waals surface area contributed by atoms with Crippen LogP contribution in [0.15, 0.2) is 0 Å². The molecule has 0 atom stereocenters. The topological polar surface area (TPSA) is 85.1 Å². The van der Waals surface area contributed by atoms with E-state index in [4.69, 9.17) is 5.11 Å². The lowest BCUT2D eigenvalue weighted by atomic mass is 10.2. The summed E-state index contributed by atoms with van der Waals surface area (Å²) in [6.07, 6.45) is 1.15. The molecule has 0 aliphatic rings. The molecule has 0 aromatic carbocycles. The van der Waals surface area contributed by atoms with E-state index < -0.39 is 14.6 Å². The van der Waals surface area contributed by atoms with Gasteiger partial charge in [0.25, 0.3) is 0 Å². The third-order valence-electron chi connectivity index (χ3n) is 2.57. The molecule has 0 radical (unpaired) electrons. The summed E-state index contributed by atoms with van der Waals surface area (Å²) in [5.74, 6) is 0.677. The van der Waals surface area contributed by atoms with Crippen LogP contribution in [0.4, 0.5) is 0 Å². The van der Waals surface area contributed by atoms with E-state index in [2.05, 4.69) is 10.2 Å². The Morgan fingerprint density at radius 3 is 2.27 bits per heavy atom. The van der Waals surface area contributed by atoms with Crippen LogP contribution in [0.25, 0.3) is 0 Å². The number of aliphatic hydroxyl groups excluding tert-OH is 1. The maximum Gasteiger partial charge on any atom is 0.159 e. The third-order valence-corrected chi connectivity index (χ3v) is 4.61. The van der Waals surface area contributed by atoms with Gasteiger partial charge in [0.1, 0.15) is 11.4 Å². The summed E-state index contributed by atoms with van der Waals surface area (Å²) >= 11 is 0. The minimum atomic E-state index is -3.28. The maximum absolute atomic E-state index is 11.6. The molecule has 1 rings (SSSR count). The lowest BCUT2D eigenvalue weighted by molar-refractivity contribution is 0.266. The molecule has 0 aliphatic heterocycles. The highest BCUT2D eigenvalue weighted by molar-refractivity contribution is 7.91. The molecule has 0 amide bonds. The lowest BCUT2D eigenvalue weighted by Gasteiger charge is -2.21. The Hall–Kier alpha value is -0.950. The van der Waals surface area contributed by atoms with Gasteiger partial charge in [0.05, 0.1) is 0 Å². The molecule has 0 aliphatic carbocycles. The zero-order valence-corrected chi connectivity index (χ0v) is 10.0. The van der Waals surface area contributed by atoms with Gasteiger partial charge in [0, 0.05) is 13.3 Å². The van der Waals surface area contributed by atoms with Gasteiger partial charge in [0.15, 0.2) is 21.5 Å². The van der Waals surface area contributed by atoms with Crippen LogP contribution in [0.2, 0.25) is 0 Å². The Morgan fingerprint density at radius 2 is 1.93 bits per heavy atom. The summed E-state index contributed by atoms with van der Waals surface area (Å²) in [7, 11) is -1.65. The van der Waals surface area contributed by atoms with Gasteiger partial charge in [-0.1, -0.05) is 0 Å². The normalized spacial score (nSPS) is 13.1. The van der Waals surface area contributed by atoms with E-state index in [0.29, 0.717) is 11.6 Å². The summed E-state index contributed by atoms with van der Waals surface area (Å²) in [5, 5.41) is 16.4. The molecule has 1 N–H and O–H groups in total. The monoisotopic (exact) mass is 233 g/mol. The number of nitrogens with zero attached hydrogens (tertiary/aromatic N) is 3. The number of aliphatic hydroxyl groups is 1. The van der Waals surface area contributed by atoms with Crippen LogP contribution in [0, 0.1) is 0 Å². The average Bonchev–Trinajstić information content (AvgIpc) is 2.44. The summed E-state index contributed by atoms with van der Waals surface area (Å²) in [5.41, 5.74) is 0. The highest BCUT2D eigenvalue weighted by atomic mass is 32.2. The van der Waals surface area contributed by atoms with E-state index in [9.17, 15) is 8.42 Å². The number of hydrogen-bond acceptors (Lipinski definition) is 5. The van der Waals surface area contributed by atoms with Gasteiger partial charge in [-0.15, -0.1) is 10.2 Å². The van der Waals surface area contributed by atoms with E-state index in [1.807, 2.05) is 0 Å². The van der Waals surface area contributed by atoms with Crippen LogP contribution < -0.4 is 0 Å². The van der Waals surface area contributed by atoms with Crippen molar-refractivity contribution >= 4 is 9.84 Å². The standard InChI is InChI=1S/C8H15N3O3S/c1-8(2,15(4,13)14)7-10-9-6(5-12)11(7)3/h12H,5H2,1-4H3. The molecule has 0 fully saturated rings. The average molecular weight is 233 g/mol. The van der Waals surface area contributed by atoms with E-state index >= 15 is 0 Å². The quantitative estimate of drug-likeness (QED) is 0.767. The molecule has 0 unspecified atom stereocenters. The van der Waals surface area contributed by atoms with Crippen molar-refractivity contribution in [1.82, 2.24) is 14.8 Å². The van der Waals surface area contributed by atoms with Crippen molar-refractivity contribution in [2.75, 3.05) is 6.26 Å². The Morgan fingerprint density at radius 1 is 1.40 bits per heavy atom. The van der Waals surface area contributed by atoms with Crippen LogP contribution in [0.5, 0.6) is 0 Å². The summed E-state index contributed by atoms with van der Waals surface area (Å²) in [4.78, 5) is 0. The van der Waals surface area contributed by atoms with Crippen molar-refractivity contribution in [3.63, 3.8) is 0 Å². The molecule has 0 bridgehead atoms. The predicted octanol–water partition coefficient (Wildman–Crippen LogP) is -0.413. The van der Waals surface area contributed by atoms with E-state index in [-0.39, 0.29) is 6.61 Å². The molecule has 1 aromatic rings. The van der Waals surface area contributed by atoms with Crippen molar-refractivity contribution in [3.8, 4) is 0 Å². The highest BCUT2D eigenvalue weighted by Crippen LogP contribution is 2.27. The van der Waals surface area contributed by atoms with Gasteiger partial charge in [-0.05, 0) is 13.8 Å². The SMILES string of the molecule is Cn1c(CO)nnc1C(C)(C)S(C)(=O)=O. The Balaban J connectivity index is 3.34. The van der Waals surface area contributed by atoms with Crippen molar-refractivity contribution < 1.29 is 13.5 Å².